The Morgan fingerprint density at radius 2 is 1.88 bits per heavy atom. The lowest BCUT2D eigenvalue weighted by Gasteiger charge is -2.30. The molecule has 0 aliphatic carbocycles. The van der Waals surface area contributed by atoms with Crippen LogP contribution < -0.4 is 9.64 Å². The molecule has 3 rings (SSSR count). The van der Waals surface area contributed by atoms with Crippen molar-refractivity contribution in [3.05, 3.63) is 59.7 Å². The molecule has 0 aromatic heterocycles. The van der Waals surface area contributed by atoms with Gasteiger partial charge in [-0.3, -0.25) is 4.79 Å². The molecular weight excluding hydrogens is 306 g/mol. The van der Waals surface area contributed by atoms with Gasteiger partial charge in [0, 0.05) is 12.0 Å². The minimum Gasteiger partial charge on any atom is -0.490 e. The lowest BCUT2D eigenvalue weighted by Crippen LogP contribution is -2.34. The molecule has 0 radical (unpaired) electrons. The standard InChI is InChI=1S/C19H21NO4/c21-12-15(22)13-24-18-8-4-7-17-16(18)9-10-19(23)20(17)11-14-5-2-1-3-6-14/h1-8,15,21-22H,9-13H2. The van der Waals surface area contributed by atoms with Crippen LogP contribution in [0.1, 0.15) is 17.5 Å². The van der Waals surface area contributed by atoms with E-state index in [2.05, 4.69) is 0 Å². The highest BCUT2D eigenvalue weighted by Gasteiger charge is 2.26. The lowest BCUT2D eigenvalue weighted by atomic mass is 9.99. The fraction of sp³-hybridized carbons (Fsp3) is 0.316. The molecule has 1 unspecified atom stereocenters. The van der Waals surface area contributed by atoms with Crippen LogP contribution in [0.3, 0.4) is 0 Å². The van der Waals surface area contributed by atoms with Crippen molar-refractivity contribution in [1.82, 2.24) is 0 Å². The Bertz CT molecular complexity index is 702. The Morgan fingerprint density at radius 3 is 2.62 bits per heavy atom. The number of carbonyl (C=O) groups excluding carboxylic acids is 1. The number of benzene rings is 2. The highest BCUT2D eigenvalue weighted by molar-refractivity contribution is 5.96. The SMILES string of the molecule is O=C1CCc2c(OCC(O)CO)cccc2N1Cc1ccccc1. The zero-order valence-electron chi connectivity index (χ0n) is 13.4. The van der Waals surface area contributed by atoms with Crippen LogP contribution in [0, 0.1) is 0 Å². The molecule has 1 atom stereocenters. The molecule has 0 bridgehead atoms. The van der Waals surface area contributed by atoms with Gasteiger partial charge < -0.3 is 19.8 Å². The number of carbonyl (C=O) groups is 1. The molecular formula is C19H21NO4. The quantitative estimate of drug-likeness (QED) is 0.850. The van der Waals surface area contributed by atoms with Crippen molar-refractivity contribution >= 4 is 11.6 Å². The number of amides is 1. The first-order valence-electron chi connectivity index (χ1n) is 8.07. The Hall–Kier alpha value is -2.37. The Kier molecular flexibility index (Phi) is 5.13. The molecule has 1 amide bonds. The molecule has 1 aliphatic rings. The molecule has 0 saturated carbocycles. The third-order valence-corrected chi connectivity index (χ3v) is 4.11. The summed E-state index contributed by atoms with van der Waals surface area (Å²) in [7, 11) is 0. The largest absolute Gasteiger partial charge is 0.490 e. The van der Waals surface area contributed by atoms with E-state index in [0.717, 1.165) is 16.8 Å². The number of fused-ring (bicyclic) bond motifs is 1. The van der Waals surface area contributed by atoms with Crippen molar-refractivity contribution < 1.29 is 19.7 Å². The fourth-order valence-corrected chi connectivity index (χ4v) is 2.87. The van der Waals surface area contributed by atoms with Gasteiger partial charge in [-0.1, -0.05) is 36.4 Å². The summed E-state index contributed by atoms with van der Waals surface area (Å²) in [6.45, 7) is 0.211. The third-order valence-electron chi connectivity index (χ3n) is 4.11. The summed E-state index contributed by atoms with van der Waals surface area (Å²) in [6, 6.07) is 15.5. The Morgan fingerprint density at radius 1 is 1.08 bits per heavy atom. The lowest BCUT2D eigenvalue weighted by molar-refractivity contribution is -0.119. The van der Waals surface area contributed by atoms with Gasteiger partial charge >= 0.3 is 0 Å². The zero-order chi connectivity index (χ0) is 16.9. The number of aliphatic hydroxyl groups excluding tert-OH is 2. The number of nitrogens with zero attached hydrogens (tertiary/aromatic N) is 1. The van der Waals surface area contributed by atoms with Crippen LogP contribution in [-0.2, 0) is 17.8 Å². The monoisotopic (exact) mass is 327 g/mol. The van der Waals surface area contributed by atoms with Crippen molar-refractivity contribution in [2.24, 2.45) is 0 Å². The molecule has 5 nitrogen and oxygen atoms in total. The van der Waals surface area contributed by atoms with Crippen molar-refractivity contribution in [2.75, 3.05) is 18.1 Å². The summed E-state index contributed by atoms with van der Waals surface area (Å²) in [4.78, 5) is 14.2. The van der Waals surface area contributed by atoms with E-state index >= 15 is 0 Å². The van der Waals surface area contributed by atoms with E-state index in [1.54, 1.807) is 4.90 Å². The highest BCUT2D eigenvalue weighted by atomic mass is 16.5. The Balaban J connectivity index is 1.85. The molecule has 2 N–H and O–H groups in total. The van der Waals surface area contributed by atoms with Gasteiger partial charge in [-0.05, 0) is 24.1 Å². The number of rotatable bonds is 6. The van der Waals surface area contributed by atoms with Crippen molar-refractivity contribution in [1.29, 1.82) is 0 Å². The van der Waals surface area contributed by atoms with Crippen LogP contribution in [0.5, 0.6) is 5.75 Å². The van der Waals surface area contributed by atoms with Crippen LogP contribution >= 0.6 is 0 Å². The van der Waals surface area contributed by atoms with Gasteiger partial charge in [-0.2, -0.15) is 0 Å². The summed E-state index contributed by atoms with van der Waals surface area (Å²) < 4.78 is 5.64. The minimum absolute atomic E-state index is 0.0274. The highest BCUT2D eigenvalue weighted by Crippen LogP contribution is 2.35. The third kappa shape index (κ3) is 3.58. The van der Waals surface area contributed by atoms with Crippen LogP contribution in [0.2, 0.25) is 0 Å². The summed E-state index contributed by atoms with van der Waals surface area (Å²) in [5.41, 5.74) is 2.89. The number of anilines is 1. The van der Waals surface area contributed by atoms with E-state index < -0.39 is 6.10 Å². The van der Waals surface area contributed by atoms with Gasteiger partial charge in [-0.15, -0.1) is 0 Å². The predicted octanol–water partition coefficient (Wildman–Crippen LogP) is 1.90. The molecule has 1 aliphatic heterocycles. The first-order valence-corrected chi connectivity index (χ1v) is 8.07. The summed E-state index contributed by atoms with van der Waals surface area (Å²) >= 11 is 0. The van der Waals surface area contributed by atoms with E-state index in [4.69, 9.17) is 9.84 Å². The van der Waals surface area contributed by atoms with Crippen LogP contribution in [-0.4, -0.2) is 35.4 Å². The van der Waals surface area contributed by atoms with Gasteiger partial charge in [0.1, 0.15) is 18.5 Å². The second kappa shape index (κ2) is 7.47. The van der Waals surface area contributed by atoms with Gasteiger partial charge in [0.15, 0.2) is 0 Å². The molecule has 5 heteroatoms. The molecule has 126 valence electrons. The van der Waals surface area contributed by atoms with E-state index in [0.29, 0.717) is 25.1 Å². The molecule has 0 spiro atoms. The maximum Gasteiger partial charge on any atom is 0.227 e. The van der Waals surface area contributed by atoms with E-state index in [1.165, 1.54) is 0 Å². The van der Waals surface area contributed by atoms with Gasteiger partial charge in [0.2, 0.25) is 5.91 Å². The van der Waals surface area contributed by atoms with Crippen molar-refractivity contribution in [3.8, 4) is 5.75 Å². The number of hydrogen-bond acceptors (Lipinski definition) is 4. The maximum absolute atomic E-state index is 12.4. The second-order valence-corrected chi connectivity index (χ2v) is 5.87. The number of aliphatic hydroxyl groups is 2. The predicted molar refractivity (Wildman–Crippen MR) is 91.0 cm³/mol. The van der Waals surface area contributed by atoms with Crippen molar-refractivity contribution in [2.45, 2.75) is 25.5 Å². The normalized spacial score (nSPS) is 15.1. The first-order chi connectivity index (χ1) is 11.7. The first kappa shape index (κ1) is 16.5. The average molecular weight is 327 g/mol. The molecule has 1 heterocycles. The van der Waals surface area contributed by atoms with Crippen molar-refractivity contribution in [3.63, 3.8) is 0 Å². The minimum atomic E-state index is -0.911. The topological polar surface area (TPSA) is 70.0 Å². The van der Waals surface area contributed by atoms with Gasteiger partial charge in [0.25, 0.3) is 0 Å². The zero-order valence-corrected chi connectivity index (χ0v) is 13.4. The summed E-state index contributed by atoms with van der Waals surface area (Å²) in [5.74, 6) is 0.754. The van der Waals surface area contributed by atoms with E-state index in [1.807, 2.05) is 48.5 Å². The average Bonchev–Trinajstić information content (AvgIpc) is 2.62. The summed E-state index contributed by atoms with van der Waals surface area (Å²) in [6.07, 6.45) is 0.139. The molecule has 0 saturated heterocycles. The maximum atomic E-state index is 12.4. The van der Waals surface area contributed by atoms with Crippen LogP contribution in [0.4, 0.5) is 5.69 Å². The molecule has 2 aromatic rings. The van der Waals surface area contributed by atoms with E-state index in [9.17, 15) is 9.90 Å². The second-order valence-electron chi connectivity index (χ2n) is 5.87. The van der Waals surface area contributed by atoms with E-state index in [-0.39, 0.29) is 19.1 Å². The molecule has 0 fully saturated rings. The molecule has 2 aromatic carbocycles. The van der Waals surface area contributed by atoms with Crippen LogP contribution in [0.15, 0.2) is 48.5 Å². The molecule has 24 heavy (non-hydrogen) atoms. The number of ether oxygens (including phenoxy) is 1. The van der Waals surface area contributed by atoms with Gasteiger partial charge in [-0.25, -0.2) is 0 Å². The fourth-order valence-electron chi connectivity index (χ4n) is 2.87. The van der Waals surface area contributed by atoms with Gasteiger partial charge in [0.05, 0.1) is 18.8 Å². The Labute approximate surface area is 141 Å². The summed E-state index contributed by atoms with van der Waals surface area (Å²) in [5, 5.41) is 18.4. The van der Waals surface area contributed by atoms with Crippen LogP contribution in [0.25, 0.3) is 0 Å². The smallest absolute Gasteiger partial charge is 0.227 e. The number of hydrogen-bond donors (Lipinski definition) is 2.